The third kappa shape index (κ3) is 7.39. The van der Waals surface area contributed by atoms with Crippen LogP contribution in [0.5, 0.6) is 0 Å². The van der Waals surface area contributed by atoms with Gasteiger partial charge in [-0.2, -0.15) is 8.42 Å². The summed E-state index contributed by atoms with van der Waals surface area (Å²) in [5.74, 6) is 0. The van der Waals surface area contributed by atoms with E-state index in [1.54, 1.807) is 0 Å². The van der Waals surface area contributed by atoms with E-state index in [0.29, 0.717) is 30.4 Å². The first-order valence-corrected chi connectivity index (χ1v) is 14.9. The van der Waals surface area contributed by atoms with E-state index in [4.69, 9.17) is 8.61 Å². The Hall–Kier alpha value is -1.25. The number of hydrogen-bond donors (Lipinski definition) is 0. The van der Waals surface area contributed by atoms with E-state index < -0.39 is 24.5 Å². The summed E-state index contributed by atoms with van der Waals surface area (Å²) in [7, 11) is -6.12. The predicted molar refractivity (Wildman–Crippen MR) is 135 cm³/mol. The van der Waals surface area contributed by atoms with Crippen LogP contribution in [0.4, 0.5) is 0 Å². The highest BCUT2D eigenvalue weighted by Crippen LogP contribution is 2.37. The Morgan fingerprint density at radius 2 is 1.52 bits per heavy atom. The molecular formula is C24H33BrO4SSi. The van der Waals surface area contributed by atoms with Gasteiger partial charge in [-0.1, -0.05) is 104 Å². The Balaban J connectivity index is 2.27. The quantitative estimate of drug-likeness (QED) is 0.236. The van der Waals surface area contributed by atoms with Gasteiger partial charge in [0.25, 0.3) is 18.4 Å². The molecule has 170 valence electrons. The molecule has 0 aromatic heterocycles. The number of hydrogen-bond acceptors (Lipinski definition) is 4. The van der Waals surface area contributed by atoms with E-state index >= 15 is 0 Å². The zero-order valence-electron chi connectivity index (χ0n) is 18.8. The molecule has 31 heavy (non-hydrogen) atoms. The molecule has 2 aromatic carbocycles. The molecule has 0 aliphatic rings. The lowest BCUT2D eigenvalue weighted by Gasteiger charge is -2.43. The number of benzene rings is 2. The van der Waals surface area contributed by atoms with Crippen molar-refractivity contribution in [2.24, 2.45) is 0 Å². The van der Waals surface area contributed by atoms with Crippen molar-refractivity contribution in [2.75, 3.05) is 12.9 Å². The number of halogens is 1. The molecule has 0 unspecified atom stereocenters. The minimum atomic E-state index is -3.54. The first-order chi connectivity index (χ1) is 14.5. The molecule has 0 aliphatic heterocycles. The van der Waals surface area contributed by atoms with Gasteiger partial charge in [-0.05, 0) is 32.7 Å². The van der Waals surface area contributed by atoms with Gasteiger partial charge in [0, 0.05) is 13.0 Å². The lowest BCUT2D eigenvalue weighted by molar-refractivity contribution is 0.185. The molecule has 0 saturated carbocycles. The molecule has 0 fully saturated rings. The fraction of sp³-hybridized carbons (Fsp3) is 0.417. The molecule has 0 aliphatic carbocycles. The lowest BCUT2D eigenvalue weighted by atomic mass is 10.1. The fourth-order valence-corrected chi connectivity index (χ4v) is 9.60. The Kier molecular flexibility index (Phi) is 9.27. The van der Waals surface area contributed by atoms with Gasteiger partial charge in [0.1, 0.15) is 0 Å². The highest BCUT2D eigenvalue weighted by molar-refractivity contribution is 9.11. The van der Waals surface area contributed by atoms with Crippen LogP contribution in [0.1, 0.15) is 40.0 Å². The van der Waals surface area contributed by atoms with Crippen molar-refractivity contribution in [3.63, 3.8) is 0 Å². The van der Waals surface area contributed by atoms with Crippen LogP contribution < -0.4 is 10.4 Å². The SMILES string of the molecule is C=C(Br)C[C@@H](CCCO[Si](c1ccccc1)(c1ccccc1)C(C)(C)C)OS(C)(=O)=O. The number of rotatable bonds is 11. The topological polar surface area (TPSA) is 52.6 Å². The van der Waals surface area contributed by atoms with Crippen LogP contribution >= 0.6 is 15.9 Å². The normalized spacial score (nSPS) is 13.7. The van der Waals surface area contributed by atoms with Gasteiger partial charge in [0.15, 0.2) is 0 Å². The average molecular weight is 526 g/mol. The minimum absolute atomic E-state index is 0.0947. The van der Waals surface area contributed by atoms with Crippen molar-refractivity contribution in [3.8, 4) is 0 Å². The van der Waals surface area contributed by atoms with E-state index in [0.717, 1.165) is 6.26 Å². The van der Waals surface area contributed by atoms with E-state index in [1.165, 1.54) is 10.4 Å². The third-order valence-electron chi connectivity index (χ3n) is 5.17. The first-order valence-electron chi connectivity index (χ1n) is 10.4. The molecule has 0 radical (unpaired) electrons. The minimum Gasteiger partial charge on any atom is -0.407 e. The molecule has 1 atom stereocenters. The molecule has 7 heteroatoms. The molecule has 0 spiro atoms. The van der Waals surface area contributed by atoms with Crippen LogP contribution in [0.25, 0.3) is 0 Å². The summed E-state index contributed by atoms with van der Waals surface area (Å²) >= 11 is 3.32. The third-order valence-corrected chi connectivity index (χ3v) is 11.2. The molecular weight excluding hydrogens is 492 g/mol. The van der Waals surface area contributed by atoms with Crippen molar-refractivity contribution >= 4 is 44.7 Å². The molecule has 0 N–H and O–H groups in total. The van der Waals surface area contributed by atoms with E-state index in [1.807, 2.05) is 12.1 Å². The van der Waals surface area contributed by atoms with Crippen LogP contribution in [0.3, 0.4) is 0 Å². The zero-order valence-corrected chi connectivity index (χ0v) is 22.2. The monoisotopic (exact) mass is 524 g/mol. The first kappa shape index (κ1) is 26.0. The van der Waals surface area contributed by atoms with Gasteiger partial charge in [0.2, 0.25) is 0 Å². The fourth-order valence-electron chi connectivity index (χ4n) is 3.98. The zero-order chi connectivity index (χ0) is 23.1. The highest BCUT2D eigenvalue weighted by atomic mass is 79.9. The van der Waals surface area contributed by atoms with Crippen molar-refractivity contribution in [3.05, 3.63) is 71.7 Å². The summed E-state index contributed by atoms with van der Waals surface area (Å²) in [5.41, 5.74) is 0. The largest absolute Gasteiger partial charge is 0.407 e. The Morgan fingerprint density at radius 1 is 1.03 bits per heavy atom. The van der Waals surface area contributed by atoms with Crippen molar-refractivity contribution in [2.45, 2.75) is 51.2 Å². The van der Waals surface area contributed by atoms with E-state index in [9.17, 15) is 8.42 Å². The maximum atomic E-state index is 11.6. The summed E-state index contributed by atoms with van der Waals surface area (Å²) in [4.78, 5) is 0. The second-order valence-electron chi connectivity index (χ2n) is 8.80. The molecule has 4 nitrogen and oxygen atoms in total. The van der Waals surface area contributed by atoms with Crippen molar-refractivity contribution in [1.82, 2.24) is 0 Å². The standard InChI is InChI=1S/C24H33BrO4SSi/c1-20(25)19-21(29-30(5,26)27)13-12-18-28-31(24(2,3)4,22-14-8-6-9-15-22)23-16-10-7-11-17-23/h6-11,14-17,21H,1,12-13,18-19H2,2-5H3/t21-/m1/s1. The Morgan fingerprint density at radius 3 is 1.90 bits per heavy atom. The molecule has 0 bridgehead atoms. The Bertz CT molecular complexity index is 901. The summed E-state index contributed by atoms with van der Waals surface area (Å²) < 4.78 is 36.1. The van der Waals surface area contributed by atoms with Gasteiger partial charge in [-0.25, -0.2) is 0 Å². The predicted octanol–water partition coefficient (Wildman–Crippen LogP) is 4.99. The van der Waals surface area contributed by atoms with Gasteiger partial charge in [0.05, 0.1) is 12.4 Å². The van der Waals surface area contributed by atoms with Gasteiger partial charge in [-0.15, -0.1) is 0 Å². The average Bonchev–Trinajstić information content (AvgIpc) is 2.66. The van der Waals surface area contributed by atoms with E-state index in [2.05, 4.69) is 91.8 Å². The summed E-state index contributed by atoms with van der Waals surface area (Å²) in [6.07, 6.45) is 2.31. The van der Waals surface area contributed by atoms with Gasteiger partial charge < -0.3 is 4.43 Å². The lowest BCUT2D eigenvalue weighted by Crippen LogP contribution is -2.66. The van der Waals surface area contributed by atoms with Gasteiger partial charge in [-0.3, -0.25) is 4.18 Å². The summed E-state index contributed by atoms with van der Waals surface area (Å²) in [6, 6.07) is 20.9. The smallest absolute Gasteiger partial charge is 0.264 e. The second kappa shape index (κ2) is 11.1. The Labute approximate surface area is 197 Å². The molecule has 0 heterocycles. The highest BCUT2D eigenvalue weighted by Gasteiger charge is 2.49. The second-order valence-corrected chi connectivity index (χ2v) is 15.8. The van der Waals surface area contributed by atoms with Crippen LogP contribution in [0.15, 0.2) is 71.7 Å². The van der Waals surface area contributed by atoms with Crippen LogP contribution in [-0.2, 0) is 18.7 Å². The van der Waals surface area contributed by atoms with E-state index in [-0.39, 0.29) is 5.04 Å². The maximum absolute atomic E-state index is 11.6. The van der Waals surface area contributed by atoms with Crippen LogP contribution in [0, 0.1) is 0 Å². The van der Waals surface area contributed by atoms with Gasteiger partial charge >= 0.3 is 0 Å². The molecule has 2 rings (SSSR count). The van der Waals surface area contributed by atoms with Crippen molar-refractivity contribution < 1.29 is 17.0 Å². The molecule has 0 amide bonds. The van der Waals surface area contributed by atoms with Crippen LogP contribution in [0.2, 0.25) is 5.04 Å². The maximum Gasteiger partial charge on any atom is 0.264 e. The molecule has 0 saturated heterocycles. The van der Waals surface area contributed by atoms with Crippen molar-refractivity contribution in [1.29, 1.82) is 0 Å². The molecule has 2 aromatic rings. The van der Waals surface area contributed by atoms with Crippen LogP contribution in [-0.4, -0.2) is 35.7 Å². The summed E-state index contributed by atoms with van der Waals surface area (Å²) in [6.45, 7) is 11.1. The summed E-state index contributed by atoms with van der Waals surface area (Å²) in [5, 5.41) is 2.36.